The lowest BCUT2D eigenvalue weighted by atomic mass is 10.2. The van der Waals surface area contributed by atoms with E-state index in [9.17, 15) is 13.2 Å². The molecule has 0 spiro atoms. The first-order valence-corrected chi connectivity index (χ1v) is 8.54. The van der Waals surface area contributed by atoms with Gasteiger partial charge >= 0.3 is 5.97 Å². The number of carbonyl (C=O) groups excluding carboxylic acids is 1. The fraction of sp³-hybridized carbons (Fsp3) is 0.462. The number of esters is 1. The number of ether oxygens (including phenoxy) is 3. The molecule has 0 aliphatic carbocycles. The van der Waals surface area contributed by atoms with Crippen LogP contribution in [0.5, 0.6) is 0 Å². The van der Waals surface area contributed by atoms with Crippen LogP contribution in [0.1, 0.15) is 16.8 Å². The molecule has 1 rings (SSSR count). The summed E-state index contributed by atoms with van der Waals surface area (Å²) in [6.07, 6.45) is 0.545. The third kappa shape index (κ3) is 6.90. The Balaban J connectivity index is 2.39. The highest BCUT2D eigenvalue weighted by Crippen LogP contribution is 2.16. The highest BCUT2D eigenvalue weighted by atomic mass is 35.7. The van der Waals surface area contributed by atoms with Crippen molar-refractivity contribution in [3.63, 3.8) is 0 Å². The average molecular weight is 337 g/mol. The van der Waals surface area contributed by atoms with Gasteiger partial charge in [-0.25, -0.2) is 13.2 Å². The van der Waals surface area contributed by atoms with E-state index in [1.54, 1.807) is 7.11 Å². The number of carbonyl (C=O) groups is 1. The molecule has 0 atom stereocenters. The van der Waals surface area contributed by atoms with Gasteiger partial charge in [0.05, 0.1) is 30.3 Å². The van der Waals surface area contributed by atoms with Crippen LogP contribution in [0.4, 0.5) is 0 Å². The smallest absolute Gasteiger partial charge is 0.338 e. The Hall–Kier alpha value is -1.15. The van der Waals surface area contributed by atoms with Crippen molar-refractivity contribution >= 4 is 25.7 Å². The van der Waals surface area contributed by atoms with E-state index in [1.807, 2.05) is 0 Å². The zero-order valence-corrected chi connectivity index (χ0v) is 13.2. The molecule has 8 heteroatoms. The molecule has 0 aliphatic rings. The number of rotatable bonds is 9. The molecule has 0 fully saturated rings. The maximum Gasteiger partial charge on any atom is 0.338 e. The topological polar surface area (TPSA) is 78.9 Å². The molecule has 0 bridgehead atoms. The Labute approximate surface area is 128 Å². The summed E-state index contributed by atoms with van der Waals surface area (Å²) in [5, 5.41) is 0. The van der Waals surface area contributed by atoms with Gasteiger partial charge in [0.2, 0.25) is 0 Å². The van der Waals surface area contributed by atoms with E-state index < -0.39 is 15.0 Å². The molecule has 0 aromatic heterocycles. The van der Waals surface area contributed by atoms with Crippen molar-refractivity contribution in [1.29, 1.82) is 0 Å². The first-order valence-electron chi connectivity index (χ1n) is 6.23. The van der Waals surface area contributed by atoms with E-state index in [4.69, 9.17) is 24.9 Å². The second-order valence-electron chi connectivity index (χ2n) is 4.06. The third-order valence-corrected chi connectivity index (χ3v) is 3.80. The van der Waals surface area contributed by atoms with Gasteiger partial charge in [-0.1, -0.05) is 6.07 Å². The van der Waals surface area contributed by atoms with Crippen molar-refractivity contribution in [2.75, 3.05) is 33.5 Å². The van der Waals surface area contributed by atoms with Gasteiger partial charge in [0, 0.05) is 30.8 Å². The lowest BCUT2D eigenvalue weighted by Gasteiger charge is -2.06. The minimum atomic E-state index is -3.86. The van der Waals surface area contributed by atoms with Gasteiger partial charge in [0.1, 0.15) is 0 Å². The summed E-state index contributed by atoms with van der Waals surface area (Å²) in [4.78, 5) is 11.6. The molecule has 1 aromatic carbocycles. The van der Waals surface area contributed by atoms with Gasteiger partial charge in [-0.05, 0) is 18.2 Å². The fourth-order valence-electron chi connectivity index (χ4n) is 1.43. The van der Waals surface area contributed by atoms with E-state index in [-0.39, 0.29) is 17.1 Å². The highest BCUT2D eigenvalue weighted by molar-refractivity contribution is 8.13. The number of hydrogen-bond acceptors (Lipinski definition) is 6. The van der Waals surface area contributed by atoms with Crippen LogP contribution < -0.4 is 0 Å². The molecule has 0 amide bonds. The molecule has 0 N–H and O–H groups in total. The van der Waals surface area contributed by atoms with Crippen LogP contribution in [-0.4, -0.2) is 47.9 Å². The van der Waals surface area contributed by atoms with E-state index >= 15 is 0 Å². The SMILES string of the molecule is COCCOCCCOC(=O)c1cccc(S(=O)(=O)Cl)c1. The molecule has 0 saturated carbocycles. The molecule has 6 nitrogen and oxygen atoms in total. The lowest BCUT2D eigenvalue weighted by Crippen LogP contribution is -2.10. The lowest BCUT2D eigenvalue weighted by molar-refractivity contribution is 0.0385. The van der Waals surface area contributed by atoms with Crippen molar-refractivity contribution < 1.29 is 27.4 Å². The Morgan fingerprint density at radius 3 is 2.62 bits per heavy atom. The summed E-state index contributed by atoms with van der Waals surface area (Å²) in [5.41, 5.74) is 0.136. The van der Waals surface area contributed by atoms with Crippen LogP contribution in [0.2, 0.25) is 0 Å². The van der Waals surface area contributed by atoms with Gasteiger partial charge in [0.15, 0.2) is 0 Å². The van der Waals surface area contributed by atoms with Crippen LogP contribution in [0.3, 0.4) is 0 Å². The summed E-state index contributed by atoms with van der Waals surface area (Å²) in [6.45, 7) is 1.63. The number of halogens is 1. The second-order valence-corrected chi connectivity index (χ2v) is 6.63. The summed E-state index contributed by atoms with van der Waals surface area (Å²) in [7, 11) is 2.94. The maximum absolute atomic E-state index is 11.7. The van der Waals surface area contributed by atoms with E-state index in [1.165, 1.54) is 24.3 Å². The Bertz CT molecular complexity index is 558. The first kappa shape index (κ1) is 17.9. The maximum atomic E-state index is 11.7. The predicted octanol–water partition coefficient (Wildman–Crippen LogP) is 1.82. The summed E-state index contributed by atoms with van der Waals surface area (Å²) in [5.74, 6) is -0.603. The minimum absolute atomic E-state index is 0.136. The Kier molecular flexibility index (Phi) is 7.66. The third-order valence-electron chi connectivity index (χ3n) is 2.45. The standard InChI is InChI=1S/C13H17ClO6S/c1-18-8-9-19-6-3-7-20-13(15)11-4-2-5-12(10-11)21(14,16)17/h2,4-5,10H,3,6-9H2,1H3. The molecule has 1 aromatic rings. The zero-order chi connectivity index (χ0) is 15.7. The number of benzene rings is 1. The molecule has 0 unspecified atom stereocenters. The van der Waals surface area contributed by atoms with Crippen molar-refractivity contribution in [1.82, 2.24) is 0 Å². The summed E-state index contributed by atoms with van der Waals surface area (Å²) < 4.78 is 37.4. The normalized spacial score (nSPS) is 11.3. The summed E-state index contributed by atoms with van der Waals surface area (Å²) >= 11 is 0. The van der Waals surface area contributed by atoms with Crippen LogP contribution in [0.15, 0.2) is 29.2 Å². The molecule has 0 saturated heterocycles. The molecular formula is C13H17ClO6S. The van der Waals surface area contributed by atoms with Crippen LogP contribution in [0.25, 0.3) is 0 Å². The van der Waals surface area contributed by atoms with Gasteiger partial charge in [-0.2, -0.15) is 0 Å². The molecule has 21 heavy (non-hydrogen) atoms. The van der Waals surface area contributed by atoms with Crippen molar-refractivity contribution in [2.45, 2.75) is 11.3 Å². The Morgan fingerprint density at radius 1 is 1.19 bits per heavy atom. The van der Waals surface area contributed by atoms with Crippen LogP contribution in [0, 0.1) is 0 Å². The summed E-state index contributed by atoms with van der Waals surface area (Å²) in [6, 6.07) is 5.38. The van der Waals surface area contributed by atoms with Gasteiger partial charge < -0.3 is 14.2 Å². The monoisotopic (exact) mass is 336 g/mol. The first-order chi connectivity index (χ1) is 9.95. The van der Waals surface area contributed by atoms with Gasteiger partial charge in [0.25, 0.3) is 9.05 Å². The predicted molar refractivity (Wildman–Crippen MR) is 77.1 cm³/mol. The molecule has 0 heterocycles. The van der Waals surface area contributed by atoms with Crippen molar-refractivity contribution in [3.05, 3.63) is 29.8 Å². The molecular weight excluding hydrogens is 320 g/mol. The molecule has 118 valence electrons. The fourth-order valence-corrected chi connectivity index (χ4v) is 2.23. The number of hydrogen-bond donors (Lipinski definition) is 0. The van der Waals surface area contributed by atoms with Crippen molar-refractivity contribution in [3.8, 4) is 0 Å². The highest BCUT2D eigenvalue weighted by Gasteiger charge is 2.14. The quantitative estimate of drug-likeness (QED) is 0.389. The van der Waals surface area contributed by atoms with E-state index in [2.05, 4.69) is 0 Å². The molecule has 0 aliphatic heterocycles. The largest absolute Gasteiger partial charge is 0.462 e. The molecule has 0 radical (unpaired) electrons. The van der Waals surface area contributed by atoms with E-state index in [0.717, 1.165) is 0 Å². The van der Waals surface area contributed by atoms with Crippen LogP contribution in [-0.2, 0) is 23.3 Å². The average Bonchev–Trinajstić information content (AvgIpc) is 2.45. The van der Waals surface area contributed by atoms with E-state index in [0.29, 0.717) is 26.2 Å². The van der Waals surface area contributed by atoms with Gasteiger partial charge in [-0.3, -0.25) is 0 Å². The van der Waals surface area contributed by atoms with Crippen LogP contribution >= 0.6 is 10.7 Å². The zero-order valence-electron chi connectivity index (χ0n) is 11.6. The van der Waals surface area contributed by atoms with Crippen molar-refractivity contribution in [2.24, 2.45) is 0 Å². The van der Waals surface area contributed by atoms with Gasteiger partial charge in [-0.15, -0.1) is 0 Å². The number of methoxy groups -OCH3 is 1. The minimum Gasteiger partial charge on any atom is -0.462 e. The Morgan fingerprint density at radius 2 is 1.95 bits per heavy atom. The second kappa shape index (κ2) is 8.99.